The largest absolute Gasteiger partial charge is 0.577 e. The third-order valence-electron chi connectivity index (χ3n) is 9.12. The molecule has 3 aromatic rings. The van der Waals surface area contributed by atoms with Gasteiger partial charge in [-0.15, -0.1) is 0 Å². The van der Waals surface area contributed by atoms with Crippen LogP contribution < -0.4 is 4.74 Å². The predicted octanol–water partition coefficient (Wildman–Crippen LogP) is 6.61. The number of rotatable bonds is 8. The molecule has 2 fully saturated rings. The minimum atomic E-state index is -0.787. The number of hydrogen-bond acceptors (Lipinski definition) is 4. The van der Waals surface area contributed by atoms with E-state index < -0.39 is 11.9 Å². The summed E-state index contributed by atoms with van der Waals surface area (Å²) in [5, 5.41) is 9.34. The highest BCUT2D eigenvalue weighted by molar-refractivity contribution is 5.70. The van der Waals surface area contributed by atoms with Gasteiger partial charge in [0.15, 0.2) is 0 Å². The molecule has 0 radical (unpaired) electrons. The fourth-order valence-corrected chi connectivity index (χ4v) is 6.54. The maximum Gasteiger partial charge on any atom is 0.306 e. The molecule has 2 aliphatic heterocycles. The average molecular weight is 546 g/mol. The highest BCUT2D eigenvalue weighted by atomic mass is 19.1. The SMILES string of the molecule is COc1cc(-c2ccc(C3CCc4ccc(C[C@H](C)C(=O)O)cc4[OH+]3)cc2CN2CCCCC23CC3)c(F)cn1. The Kier molecular flexibility index (Phi) is 7.26. The molecule has 1 aliphatic carbocycles. The highest BCUT2D eigenvalue weighted by Gasteiger charge is 2.48. The second-order valence-corrected chi connectivity index (χ2v) is 11.8. The molecule has 2 aromatic carbocycles. The number of aliphatic carboxylic acids is 1. The van der Waals surface area contributed by atoms with Crippen LogP contribution in [0.25, 0.3) is 11.1 Å². The van der Waals surface area contributed by atoms with Crippen molar-refractivity contribution < 1.29 is 23.8 Å². The summed E-state index contributed by atoms with van der Waals surface area (Å²) < 4.78 is 25.6. The van der Waals surface area contributed by atoms with Crippen molar-refractivity contribution in [1.82, 2.24) is 9.88 Å². The molecular weight excluding hydrogens is 507 g/mol. The van der Waals surface area contributed by atoms with E-state index in [4.69, 9.17) is 9.47 Å². The van der Waals surface area contributed by atoms with Crippen molar-refractivity contribution in [2.45, 2.75) is 76.5 Å². The van der Waals surface area contributed by atoms with Gasteiger partial charge in [0.25, 0.3) is 5.75 Å². The van der Waals surface area contributed by atoms with Crippen molar-refractivity contribution in [1.29, 1.82) is 0 Å². The van der Waals surface area contributed by atoms with Gasteiger partial charge in [-0.25, -0.2) is 9.37 Å². The van der Waals surface area contributed by atoms with Gasteiger partial charge in [-0.3, -0.25) is 9.69 Å². The van der Waals surface area contributed by atoms with Gasteiger partial charge in [-0.2, -0.15) is 0 Å². The van der Waals surface area contributed by atoms with Crippen LogP contribution in [0.15, 0.2) is 48.7 Å². The summed E-state index contributed by atoms with van der Waals surface area (Å²) in [4.78, 5) is 18.1. The van der Waals surface area contributed by atoms with E-state index in [1.165, 1.54) is 43.9 Å². The molecule has 1 saturated carbocycles. The van der Waals surface area contributed by atoms with Gasteiger partial charge in [-0.05, 0) is 80.0 Å². The van der Waals surface area contributed by atoms with Crippen molar-refractivity contribution in [3.8, 4) is 22.8 Å². The molecule has 0 amide bonds. The minimum absolute atomic E-state index is 0.000473. The van der Waals surface area contributed by atoms with Gasteiger partial charge in [0.05, 0.1) is 19.2 Å². The average Bonchev–Trinajstić information content (AvgIpc) is 3.74. The number of carboxylic acids is 1. The first-order valence-electron chi connectivity index (χ1n) is 14.5. The van der Waals surface area contributed by atoms with E-state index in [1.807, 2.05) is 12.1 Å². The molecule has 1 unspecified atom stereocenters. The van der Waals surface area contributed by atoms with E-state index in [0.717, 1.165) is 53.9 Å². The summed E-state index contributed by atoms with van der Waals surface area (Å²) in [5.41, 5.74) is 6.16. The molecule has 6 nitrogen and oxygen atoms in total. The highest BCUT2D eigenvalue weighted by Crippen LogP contribution is 2.49. The Morgan fingerprint density at radius 1 is 1.18 bits per heavy atom. The first kappa shape index (κ1) is 26.8. The molecule has 1 spiro atoms. The number of benzene rings is 2. The minimum Gasteiger partial charge on any atom is -0.577 e. The number of aryl methyl sites for hydroxylation is 1. The van der Waals surface area contributed by atoms with Gasteiger partial charge in [-0.1, -0.05) is 25.5 Å². The van der Waals surface area contributed by atoms with Crippen LogP contribution in [0.5, 0.6) is 11.6 Å². The van der Waals surface area contributed by atoms with E-state index >= 15 is 4.39 Å². The molecule has 3 aliphatic rings. The van der Waals surface area contributed by atoms with Gasteiger partial charge in [0, 0.05) is 47.3 Å². The topological polar surface area (TPSA) is 75.5 Å². The number of likely N-dealkylation sites (tertiary alicyclic amines) is 1. The Bertz CT molecular complexity index is 1420. The molecule has 3 heterocycles. The fourth-order valence-electron chi connectivity index (χ4n) is 6.54. The summed E-state index contributed by atoms with van der Waals surface area (Å²) in [6, 6.07) is 14.2. The zero-order valence-electron chi connectivity index (χ0n) is 23.3. The number of aromatic nitrogens is 1. The van der Waals surface area contributed by atoms with Crippen molar-refractivity contribution >= 4 is 5.97 Å². The van der Waals surface area contributed by atoms with Crippen LogP contribution in [0.1, 0.15) is 73.8 Å². The predicted molar refractivity (Wildman–Crippen MR) is 152 cm³/mol. The number of piperidine rings is 1. The molecule has 7 heteroatoms. The van der Waals surface area contributed by atoms with Crippen LogP contribution in [0.3, 0.4) is 0 Å². The summed E-state index contributed by atoms with van der Waals surface area (Å²) in [6.07, 6.45) is 9.78. The van der Waals surface area contributed by atoms with Crippen LogP contribution in [0.4, 0.5) is 4.39 Å². The quantitative estimate of drug-likeness (QED) is 0.323. The normalized spacial score (nSPS) is 20.4. The third-order valence-corrected chi connectivity index (χ3v) is 9.12. The summed E-state index contributed by atoms with van der Waals surface area (Å²) >= 11 is 0. The lowest BCUT2D eigenvalue weighted by atomic mass is 9.90. The molecule has 1 saturated heterocycles. The van der Waals surface area contributed by atoms with E-state index in [2.05, 4.69) is 34.1 Å². The van der Waals surface area contributed by atoms with Crippen LogP contribution in [-0.2, 0) is 24.2 Å². The molecule has 40 heavy (non-hydrogen) atoms. The zero-order valence-corrected chi connectivity index (χ0v) is 23.3. The number of hydrogen-bond donors (Lipinski definition) is 1. The maximum absolute atomic E-state index is 15.1. The van der Waals surface area contributed by atoms with E-state index in [0.29, 0.717) is 23.4 Å². The number of carboxylic acid groups (broad SMARTS) is 1. The molecule has 6 rings (SSSR count). The number of aromatic hydroxyl groups is 1. The lowest BCUT2D eigenvalue weighted by Gasteiger charge is -2.37. The first-order chi connectivity index (χ1) is 19.3. The summed E-state index contributed by atoms with van der Waals surface area (Å²) in [6.45, 7) is 3.60. The number of carbonyl (C=O) groups is 1. The van der Waals surface area contributed by atoms with Crippen LogP contribution in [0.2, 0.25) is 0 Å². The standard InChI is InChI=1S/C33H37FN2O4/c1-21(32(37)38)15-22-5-6-23-8-10-29(40-30(23)16-22)24-7-9-26(27-18-31(39-2)35-19-28(27)34)25(17-24)20-36-14-4-3-11-33(36)12-13-33/h5-7,9,16-19,21,29H,3-4,8,10-15,20H2,1-2H3,(H,37,38)/p+1/t21-,29?/m0/s1. The molecule has 2 atom stereocenters. The Morgan fingerprint density at radius 2 is 2.02 bits per heavy atom. The molecule has 210 valence electrons. The molecular formula is C33H38FN2O4+. The van der Waals surface area contributed by atoms with Gasteiger partial charge in [0.2, 0.25) is 12.0 Å². The van der Waals surface area contributed by atoms with E-state index in [9.17, 15) is 9.90 Å². The smallest absolute Gasteiger partial charge is 0.306 e. The van der Waals surface area contributed by atoms with Crippen molar-refractivity contribution in [3.05, 3.63) is 76.7 Å². The molecule has 0 bridgehead atoms. The van der Waals surface area contributed by atoms with Crippen molar-refractivity contribution in [3.63, 3.8) is 0 Å². The van der Waals surface area contributed by atoms with E-state index in [1.54, 1.807) is 20.1 Å². The lowest BCUT2D eigenvalue weighted by Crippen LogP contribution is -2.40. The van der Waals surface area contributed by atoms with Gasteiger partial charge >= 0.3 is 5.97 Å². The number of nitrogens with zero attached hydrogens (tertiary/aromatic N) is 2. The zero-order chi connectivity index (χ0) is 27.9. The maximum atomic E-state index is 15.1. The van der Waals surface area contributed by atoms with Crippen molar-refractivity contribution in [2.75, 3.05) is 13.7 Å². The van der Waals surface area contributed by atoms with Gasteiger partial charge in [0.1, 0.15) is 5.82 Å². The second-order valence-electron chi connectivity index (χ2n) is 11.8. The van der Waals surface area contributed by atoms with Crippen LogP contribution in [-0.4, -0.2) is 44.9 Å². The third kappa shape index (κ3) is 5.31. The Labute approximate surface area is 235 Å². The first-order valence-corrected chi connectivity index (χ1v) is 14.5. The molecule has 1 aromatic heterocycles. The van der Waals surface area contributed by atoms with Crippen molar-refractivity contribution in [2.24, 2.45) is 5.92 Å². The van der Waals surface area contributed by atoms with Crippen LogP contribution in [0, 0.1) is 11.7 Å². The number of fused-ring (bicyclic) bond motifs is 1. The number of halogens is 1. The summed E-state index contributed by atoms with van der Waals surface area (Å²) in [5.74, 6) is -0.229. The number of aliphatic hydroxyl groups is 1. The lowest BCUT2D eigenvalue weighted by molar-refractivity contribution is -0.141. The molecule has 2 N–H and O–H groups in total. The number of pyridine rings is 1. The van der Waals surface area contributed by atoms with Crippen LogP contribution >= 0.6 is 0 Å². The van der Waals surface area contributed by atoms with Gasteiger partial charge < -0.3 is 14.6 Å². The number of ether oxygens (including phenoxy) is 2. The van der Waals surface area contributed by atoms with E-state index in [-0.39, 0.29) is 11.9 Å². The Balaban J connectivity index is 1.32. The summed E-state index contributed by atoms with van der Waals surface area (Å²) in [7, 11) is 1.55. The monoisotopic (exact) mass is 545 g/mol. The Morgan fingerprint density at radius 3 is 2.80 bits per heavy atom. The second kappa shape index (κ2) is 10.8. The Hall–Kier alpha value is -3.45. The number of methoxy groups -OCH3 is 1. The fraction of sp³-hybridized carbons (Fsp3) is 0.455.